The minimum absolute atomic E-state index is 0.126. The van der Waals surface area contributed by atoms with Crippen LogP contribution in [0.25, 0.3) is 5.13 Å². The van der Waals surface area contributed by atoms with Gasteiger partial charge < -0.3 is 9.47 Å². The summed E-state index contributed by atoms with van der Waals surface area (Å²) in [6.45, 7) is 3.55. The summed E-state index contributed by atoms with van der Waals surface area (Å²) in [4.78, 5) is 21.8. The molecular weight excluding hydrogens is 370 g/mol. The molecule has 0 bridgehead atoms. The maximum atomic E-state index is 13.0. The van der Waals surface area contributed by atoms with E-state index in [1.54, 1.807) is 0 Å². The second-order valence-electron chi connectivity index (χ2n) is 5.96. The summed E-state index contributed by atoms with van der Waals surface area (Å²) < 4.78 is 1.96. The van der Waals surface area contributed by atoms with Crippen molar-refractivity contribution in [3.05, 3.63) is 57.5 Å². The van der Waals surface area contributed by atoms with Crippen LogP contribution in [-0.4, -0.2) is 39.2 Å². The third-order valence-corrected chi connectivity index (χ3v) is 7.90. The average Bonchev–Trinajstić information content (AvgIpc) is 3.34. The lowest BCUT2D eigenvalue weighted by atomic mass is 10.2. The van der Waals surface area contributed by atoms with E-state index in [0.717, 1.165) is 41.0 Å². The lowest BCUT2D eigenvalue weighted by Crippen LogP contribution is -2.32. The summed E-state index contributed by atoms with van der Waals surface area (Å²) in [7, 11) is 0. The van der Waals surface area contributed by atoms with Gasteiger partial charge in [0, 0.05) is 41.4 Å². The molecular formula is C18H19N3OS3. The van der Waals surface area contributed by atoms with Crippen molar-refractivity contribution in [2.75, 3.05) is 18.8 Å². The summed E-state index contributed by atoms with van der Waals surface area (Å²) >= 11 is 5.26. The lowest BCUT2D eigenvalue weighted by Gasteiger charge is -2.19. The largest absolute Gasteiger partial charge is 0.337 e. The lowest BCUT2D eigenvalue weighted by molar-refractivity contribution is 0.0770. The molecule has 0 radical (unpaired) electrons. The highest BCUT2D eigenvalue weighted by molar-refractivity contribution is 7.99. The first-order valence-electron chi connectivity index (χ1n) is 8.27. The van der Waals surface area contributed by atoms with Gasteiger partial charge in [-0.2, -0.15) is 11.8 Å². The summed E-state index contributed by atoms with van der Waals surface area (Å²) in [5, 5.41) is 3.50. The predicted octanol–water partition coefficient (Wildman–Crippen LogP) is 4.62. The molecule has 4 heterocycles. The van der Waals surface area contributed by atoms with Gasteiger partial charge in [0.25, 0.3) is 5.91 Å². The number of thioether (sulfide) groups is 1. The second kappa shape index (κ2) is 7.35. The maximum Gasteiger partial charge on any atom is 0.265 e. The molecule has 130 valence electrons. The van der Waals surface area contributed by atoms with Crippen molar-refractivity contribution >= 4 is 40.3 Å². The van der Waals surface area contributed by atoms with Gasteiger partial charge in [-0.3, -0.25) is 4.79 Å². The van der Waals surface area contributed by atoms with Gasteiger partial charge in [0.1, 0.15) is 4.88 Å². The molecule has 0 N–H and O–H groups in total. The average molecular weight is 390 g/mol. The van der Waals surface area contributed by atoms with Crippen LogP contribution in [0.3, 0.4) is 0 Å². The van der Waals surface area contributed by atoms with Crippen LogP contribution in [0.2, 0.25) is 0 Å². The van der Waals surface area contributed by atoms with E-state index in [9.17, 15) is 4.79 Å². The maximum absolute atomic E-state index is 13.0. The Morgan fingerprint density at radius 1 is 1.24 bits per heavy atom. The fraction of sp³-hybridized carbons (Fsp3) is 0.333. The SMILES string of the molecule is Cc1nc(-n2cccc2)sc1C(=O)N1CCS[C@@H](c2cccs2)CC1. The Morgan fingerprint density at radius 2 is 2.08 bits per heavy atom. The van der Waals surface area contributed by atoms with Crippen molar-refractivity contribution in [3.8, 4) is 5.13 Å². The van der Waals surface area contributed by atoms with Gasteiger partial charge in [0.05, 0.1) is 5.69 Å². The molecule has 25 heavy (non-hydrogen) atoms. The van der Waals surface area contributed by atoms with Crippen molar-refractivity contribution in [1.29, 1.82) is 0 Å². The van der Waals surface area contributed by atoms with E-state index in [0.29, 0.717) is 5.25 Å². The quantitative estimate of drug-likeness (QED) is 0.656. The van der Waals surface area contributed by atoms with Crippen molar-refractivity contribution in [2.24, 2.45) is 0 Å². The molecule has 1 saturated heterocycles. The van der Waals surface area contributed by atoms with Gasteiger partial charge in [0.2, 0.25) is 0 Å². The van der Waals surface area contributed by atoms with Gasteiger partial charge in [-0.05, 0) is 36.9 Å². The molecule has 1 atom stereocenters. The van der Waals surface area contributed by atoms with Crippen LogP contribution in [0.5, 0.6) is 0 Å². The summed E-state index contributed by atoms with van der Waals surface area (Å²) in [6, 6.07) is 8.25. The second-order valence-corrected chi connectivity index (χ2v) is 9.22. The first-order valence-corrected chi connectivity index (χ1v) is 11.0. The number of nitrogens with zero attached hydrogens (tertiary/aromatic N) is 3. The number of hydrogen-bond donors (Lipinski definition) is 0. The van der Waals surface area contributed by atoms with E-state index < -0.39 is 0 Å². The van der Waals surface area contributed by atoms with Gasteiger partial charge in [0.15, 0.2) is 5.13 Å². The van der Waals surface area contributed by atoms with Crippen molar-refractivity contribution in [1.82, 2.24) is 14.5 Å². The standard InChI is InChI=1S/C18H19N3OS3/c1-13-16(25-18(19-13)21-7-2-3-8-21)17(22)20-9-6-15(24-12-10-20)14-5-4-11-23-14/h2-5,7-8,11,15H,6,9-10,12H2,1H3/t15-/m1/s1. The van der Waals surface area contributed by atoms with Crippen LogP contribution in [0.1, 0.15) is 31.9 Å². The van der Waals surface area contributed by atoms with E-state index in [1.165, 1.54) is 16.2 Å². The zero-order chi connectivity index (χ0) is 17.2. The highest BCUT2D eigenvalue weighted by atomic mass is 32.2. The predicted molar refractivity (Wildman–Crippen MR) is 106 cm³/mol. The van der Waals surface area contributed by atoms with Crippen LogP contribution in [0, 0.1) is 6.92 Å². The summed E-state index contributed by atoms with van der Waals surface area (Å²) in [5.74, 6) is 1.11. The third-order valence-electron chi connectivity index (χ3n) is 4.29. The Morgan fingerprint density at radius 3 is 2.84 bits per heavy atom. The van der Waals surface area contributed by atoms with Crippen molar-refractivity contribution in [3.63, 3.8) is 0 Å². The molecule has 1 fully saturated rings. The highest BCUT2D eigenvalue weighted by Gasteiger charge is 2.26. The van der Waals surface area contributed by atoms with E-state index in [-0.39, 0.29) is 5.91 Å². The smallest absolute Gasteiger partial charge is 0.265 e. The molecule has 0 spiro atoms. The number of carbonyl (C=O) groups is 1. The monoisotopic (exact) mass is 389 g/mol. The minimum atomic E-state index is 0.126. The van der Waals surface area contributed by atoms with E-state index in [1.807, 2.05) is 64.0 Å². The minimum Gasteiger partial charge on any atom is -0.337 e. The molecule has 0 unspecified atom stereocenters. The summed E-state index contributed by atoms with van der Waals surface area (Å²) in [6.07, 6.45) is 4.93. The number of hydrogen-bond acceptors (Lipinski definition) is 5. The Kier molecular flexibility index (Phi) is 4.96. The zero-order valence-corrected chi connectivity index (χ0v) is 16.4. The van der Waals surface area contributed by atoms with Crippen molar-refractivity contribution in [2.45, 2.75) is 18.6 Å². The number of rotatable bonds is 3. The number of amides is 1. The fourth-order valence-electron chi connectivity index (χ4n) is 2.97. The first-order chi connectivity index (χ1) is 12.2. The molecule has 1 aliphatic rings. The molecule has 7 heteroatoms. The number of carbonyl (C=O) groups excluding carboxylic acids is 1. The van der Waals surface area contributed by atoms with Crippen LogP contribution in [0.15, 0.2) is 42.0 Å². The number of aryl methyl sites for hydroxylation is 1. The normalized spacial score (nSPS) is 18.3. The molecule has 3 aromatic rings. The fourth-order valence-corrected chi connectivity index (χ4v) is 6.21. The molecule has 1 aliphatic heterocycles. The number of aromatic nitrogens is 2. The van der Waals surface area contributed by atoms with Gasteiger partial charge in [-0.25, -0.2) is 4.98 Å². The molecule has 3 aromatic heterocycles. The van der Waals surface area contributed by atoms with Crippen LogP contribution in [0.4, 0.5) is 0 Å². The topological polar surface area (TPSA) is 38.1 Å². The van der Waals surface area contributed by atoms with Crippen LogP contribution >= 0.6 is 34.4 Å². The van der Waals surface area contributed by atoms with Crippen LogP contribution in [-0.2, 0) is 0 Å². The molecule has 4 nitrogen and oxygen atoms in total. The molecule has 1 amide bonds. The van der Waals surface area contributed by atoms with E-state index in [2.05, 4.69) is 22.5 Å². The van der Waals surface area contributed by atoms with Crippen LogP contribution < -0.4 is 0 Å². The first kappa shape index (κ1) is 16.9. The molecule has 0 saturated carbocycles. The molecule has 0 aromatic carbocycles. The Balaban J connectivity index is 1.49. The van der Waals surface area contributed by atoms with Gasteiger partial charge in [-0.1, -0.05) is 17.4 Å². The highest BCUT2D eigenvalue weighted by Crippen LogP contribution is 2.37. The summed E-state index contributed by atoms with van der Waals surface area (Å²) in [5.41, 5.74) is 0.824. The van der Waals surface area contributed by atoms with E-state index >= 15 is 0 Å². The third kappa shape index (κ3) is 3.54. The molecule has 4 rings (SSSR count). The zero-order valence-electron chi connectivity index (χ0n) is 13.9. The molecule has 0 aliphatic carbocycles. The van der Waals surface area contributed by atoms with E-state index in [4.69, 9.17) is 0 Å². The Bertz CT molecular complexity index is 839. The van der Waals surface area contributed by atoms with Crippen molar-refractivity contribution < 1.29 is 4.79 Å². The number of thiazole rings is 1. The van der Waals surface area contributed by atoms with Gasteiger partial charge in [-0.15, -0.1) is 11.3 Å². The Labute approximate surface area is 159 Å². The Hall–Kier alpha value is -1.57. The van der Waals surface area contributed by atoms with Gasteiger partial charge >= 0.3 is 0 Å². The number of thiophene rings is 1.